The van der Waals surface area contributed by atoms with Gasteiger partial charge in [-0.2, -0.15) is 0 Å². The van der Waals surface area contributed by atoms with E-state index in [0.29, 0.717) is 11.5 Å². The highest BCUT2D eigenvalue weighted by atomic mass is 32.2. The molecule has 4 aromatic rings. The van der Waals surface area contributed by atoms with Gasteiger partial charge in [-0.05, 0) is 62.4 Å². The Hall–Kier alpha value is -2.60. The van der Waals surface area contributed by atoms with E-state index in [1.807, 2.05) is 74.5 Å². The maximum absolute atomic E-state index is 13.5. The molecule has 2 atom stereocenters. The van der Waals surface area contributed by atoms with Gasteiger partial charge in [0.05, 0.1) is 9.79 Å². The Morgan fingerprint density at radius 1 is 0.525 bits per heavy atom. The van der Waals surface area contributed by atoms with Gasteiger partial charge in [0.2, 0.25) is 20.0 Å². The van der Waals surface area contributed by atoms with Crippen LogP contribution >= 0.6 is 23.5 Å². The van der Waals surface area contributed by atoms with Crippen LogP contribution in [-0.4, -0.2) is 40.4 Å². The van der Waals surface area contributed by atoms with E-state index in [2.05, 4.69) is 9.44 Å². The average molecular weight is 613 g/mol. The second-order valence-electron chi connectivity index (χ2n) is 9.33. The second-order valence-corrected chi connectivity index (χ2v) is 14.9. The first-order valence-corrected chi connectivity index (χ1v) is 17.6. The van der Waals surface area contributed by atoms with Crippen molar-refractivity contribution in [1.82, 2.24) is 9.44 Å². The number of hydrogen-bond acceptors (Lipinski definition) is 6. The van der Waals surface area contributed by atoms with E-state index in [-0.39, 0.29) is 9.79 Å². The summed E-state index contributed by atoms with van der Waals surface area (Å²) in [5.41, 5.74) is 1.89. The van der Waals surface area contributed by atoms with Crippen LogP contribution in [0.2, 0.25) is 0 Å². The first-order chi connectivity index (χ1) is 19.1. The number of thioether (sulfide) groups is 2. The molecule has 0 saturated heterocycles. The number of rotatable bonds is 13. The molecule has 0 saturated carbocycles. The Kier molecular flexibility index (Phi) is 10.5. The van der Waals surface area contributed by atoms with Gasteiger partial charge in [0.1, 0.15) is 0 Å². The van der Waals surface area contributed by atoms with Crippen LogP contribution in [0, 0.1) is 13.8 Å². The number of sulfonamides is 2. The summed E-state index contributed by atoms with van der Waals surface area (Å²) in [6, 6.07) is 30.9. The largest absolute Gasteiger partial charge is 0.240 e. The molecule has 4 rings (SSSR count). The van der Waals surface area contributed by atoms with E-state index in [1.165, 1.54) is 23.5 Å². The zero-order valence-electron chi connectivity index (χ0n) is 22.2. The highest BCUT2D eigenvalue weighted by Crippen LogP contribution is 2.25. The van der Waals surface area contributed by atoms with Crippen molar-refractivity contribution >= 4 is 43.6 Å². The van der Waals surface area contributed by atoms with Gasteiger partial charge in [-0.25, -0.2) is 26.3 Å². The van der Waals surface area contributed by atoms with Crippen molar-refractivity contribution in [2.75, 3.05) is 11.5 Å². The lowest BCUT2D eigenvalue weighted by molar-refractivity contribution is 0.495. The van der Waals surface area contributed by atoms with Crippen molar-refractivity contribution < 1.29 is 16.8 Å². The molecule has 40 heavy (non-hydrogen) atoms. The molecule has 0 aliphatic heterocycles. The Bertz CT molecular complexity index is 1460. The van der Waals surface area contributed by atoms with Crippen molar-refractivity contribution in [3.63, 3.8) is 0 Å². The summed E-state index contributed by atoms with van der Waals surface area (Å²) in [6.45, 7) is 3.78. The first kappa shape index (κ1) is 30.4. The van der Waals surface area contributed by atoms with Gasteiger partial charge in [0, 0.05) is 33.4 Å². The van der Waals surface area contributed by atoms with Crippen LogP contribution in [0.1, 0.15) is 11.1 Å². The molecule has 2 N–H and O–H groups in total. The molecule has 0 aliphatic rings. The Balaban J connectivity index is 1.68. The van der Waals surface area contributed by atoms with Gasteiger partial charge in [-0.15, -0.1) is 23.5 Å². The van der Waals surface area contributed by atoms with E-state index in [0.717, 1.165) is 20.9 Å². The van der Waals surface area contributed by atoms with E-state index < -0.39 is 32.1 Å². The minimum Gasteiger partial charge on any atom is -0.207 e. The molecule has 0 aliphatic carbocycles. The van der Waals surface area contributed by atoms with E-state index in [1.54, 1.807) is 48.5 Å². The first-order valence-electron chi connectivity index (χ1n) is 12.7. The van der Waals surface area contributed by atoms with Gasteiger partial charge < -0.3 is 0 Å². The smallest absolute Gasteiger partial charge is 0.207 e. The van der Waals surface area contributed by atoms with Crippen molar-refractivity contribution in [1.29, 1.82) is 0 Å². The zero-order valence-corrected chi connectivity index (χ0v) is 25.5. The van der Waals surface area contributed by atoms with Crippen molar-refractivity contribution in [2.45, 2.75) is 45.5 Å². The maximum Gasteiger partial charge on any atom is 0.240 e. The van der Waals surface area contributed by atoms with E-state index in [9.17, 15) is 16.8 Å². The highest BCUT2D eigenvalue weighted by molar-refractivity contribution is 7.99. The van der Waals surface area contributed by atoms with Gasteiger partial charge in [-0.3, -0.25) is 0 Å². The van der Waals surface area contributed by atoms with Crippen LogP contribution in [0.25, 0.3) is 0 Å². The van der Waals surface area contributed by atoms with Gasteiger partial charge >= 0.3 is 0 Å². The summed E-state index contributed by atoms with van der Waals surface area (Å²) in [5.74, 6) is 0.622. The summed E-state index contributed by atoms with van der Waals surface area (Å²) < 4.78 is 59.7. The van der Waals surface area contributed by atoms with Crippen LogP contribution in [-0.2, 0) is 20.0 Å². The molecule has 0 radical (unpaired) electrons. The second kappa shape index (κ2) is 13.8. The Labute approximate surface area is 246 Å². The fraction of sp³-hybridized carbons (Fsp3) is 0.200. The van der Waals surface area contributed by atoms with Crippen LogP contribution < -0.4 is 9.44 Å². The standard InChI is InChI=1S/C30H32N2O4S4/c1-23-13-17-27(18-14-23)39(33,34)31-29(21-37-25-9-5-3-6-10-25)30(22-38-26-11-7-4-8-12-26)32-40(35,36)28-19-15-24(2)16-20-28/h3-20,29-32H,21-22H2,1-2H3/t29-,30-/m0/s1. The van der Waals surface area contributed by atoms with Crippen molar-refractivity contribution in [3.8, 4) is 0 Å². The van der Waals surface area contributed by atoms with Crippen LogP contribution in [0.15, 0.2) is 129 Å². The van der Waals surface area contributed by atoms with Crippen LogP contribution in [0.3, 0.4) is 0 Å². The molecule has 0 unspecified atom stereocenters. The molecular weight excluding hydrogens is 581 g/mol. The number of hydrogen-bond donors (Lipinski definition) is 2. The molecule has 10 heteroatoms. The Morgan fingerprint density at radius 2 is 0.850 bits per heavy atom. The maximum atomic E-state index is 13.5. The molecular formula is C30H32N2O4S4. The molecule has 0 aromatic heterocycles. The lowest BCUT2D eigenvalue weighted by Crippen LogP contribution is -2.54. The van der Waals surface area contributed by atoms with Crippen molar-refractivity contribution in [3.05, 3.63) is 120 Å². The third-order valence-corrected chi connectivity index (χ3v) is 11.4. The normalized spacial score (nSPS) is 13.6. The lowest BCUT2D eigenvalue weighted by Gasteiger charge is -2.28. The van der Waals surface area contributed by atoms with Crippen LogP contribution in [0.4, 0.5) is 0 Å². The molecule has 6 nitrogen and oxygen atoms in total. The minimum atomic E-state index is -3.94. The summed E-state index contributed by atoms with van der Waals surface area (Å²) >= 11 is 2.94. The summed E-state index contributed by atoms with van der Waals surface area (Å²) in [6.07, 6.45) is 0. The molecule has 0 amide bonds. The summed E-state index contributed by atoms with van der Waals surface area (Å²) in [7, 11) is -7.88. The zero-order chi connectivity index (χ0) is 28.6. The third kappa shape index (κ3) is 8.70. The SMILES string of the molecule is Cc1ccc(S(=O)(=O)N[C@@H](CSc2ccccc2)[C@H](CSc2ccccc2)NS(=O)(=O)c2ccc(C)cc2)cc1. The van der Waals surface area contributed by atoms with Crippen LogP contribution in [0.5, 0.6) is 0 Å². The molecule has 0 fully saturated rings. The highest BCUT2D eigenvalue weighted by Gasteiger charge is 2.31. The number of benzene rings is 4. The molecule has 4 aromatic carbocycles. The predicted octanol–water partition coefficient (Wildman–Crippen LogP) is 5.88. The molecule has 0 heterocycles. The van der Waals surface area contributed by atoms with E-state index >= 15 is 0 Å². The van der Waals surface area contributed by atoms with E-state index in [4.69, 9.17) is 0 Å². The monoisotopic (exact) mass is 612 g/mol. The Morgan fingerprint density at radius 3 is 1.18 bits per heavy atom. The fourth-order valence-electron chi connectivity index (χ4n) is 3.84. The van der Waals surface area contributed by atoms with Crippen molar-refractivity contribution in [2.24, 2.45) is 0 Å². The van der Waals surface area contributed by atoms with Gasteiger partial charge in [-0.1, -0.05) is 71.8 Å². The number of aryl methyl sites for hydroxylation is 2. The topological polar surface area (TPSA) is 92.3 Å². The molecule has 210 valence electrons. The average Bonchev–Trinajstić information content (AvgIpc) is 2.95. The minimum absolute atomic E-state index is 0.128. The third-order valence-electron chi connectivity index (χ3n) is 6.11. The number of nitrogens with one attached hydrogen (secondary N) is 2. The lowest BCUT2D eigenvalue weighted by atomic mass is 10.2. The van der Waals surface area contributed by atoms with Gasteiger partial charge in [0.25, 0.3) is 0 Å². The van der Waals surface area contributed by atoms with Gasteiger partial charge in [0.15, 0.2) is 0 Å². The summed E-state index contributed by atoms with van der Waals surface area (Å²) in [4.78, 5) is 2.17. The fourth-order valence-corrected chi connectivity index (χ4v) is 8.68. The quantitative estimate of drug-likeness (QED) is 0.183. The molecule has 0 spiro atoms. The summed E-state index contributed by atoms with van der Waals surface area (Å²) in [5, 5.41) is 0. The predicted molar refractivity (Wildman–Crippen MR) is 165 cm³/mol. The molecule has 0 bridgehead atoms.